The molecule has 0 radical (unpaired) electrons. The summed E-state index contributed by atoms with van der Waals surface area (Å²) in [5, 5.41) is 19.4. The van der Waals surface area contributed by atoms with Gasteiger partial charge in [-0.25, -0.2) is 0 Å². The number of amides is 1. The Hall–Kier alpha value is -2.60. The Morgan fingerprint density at radius 3 is 2.64 bits per heavy atom. The van der Waals surface area contributed by atoms with E-state index < -0.39 is 0 Å². The van der Waals surface area contributed by atoms with Gasteiger partial charge < -0.3 is 10.4 Å². The van der Waals surface area contributed by atoms with E-state index in [1.807, 2.05) is 18.2 Å². The van der Waals surface area contributed by atoms with Crippen molar-refractivity contribution in [2.75, 3.05) is 5.32 Å². The van der Waals surface area contributed by atoms with Crippen molar-refractivity contribution in [1.29, 1.82) is 0 Å². The summed E-state index contributed by atoms with van der Waals surface area (Å²) in [5.41, 5.74) is 2.06. The van der Waals surface area contributed by atoms with Gasteiger partial charge >= 0.3 is 0 Å². The van der Waals surface area contributed by atoms with Gasteiger partial charge in [0.15, 0.2) is 0 Å². The van der Waals surface area contributed by atoms with E-state index >= 15 is 0 Å². The molecule has 0 aliphatic heterocycles. The Labute approximate surface area is 135 Å². The normalized spacial score (nSPS) is 10.4. The van der Waals surface area contributed by atoms with Crippen LogP contribution in [-0.2, 0) is 0 Å². The van der Waals surface area contributed by atoms with E-state index in [1.54, 1.807) is 36.4 Å². The lowest BCUT2D eigenvalue weighted by Gasteiger charge is -2.05. The number of nitrogens with one attached hydrogen (secondary N) is 2. The highest BCUT2D eigenvalue weighted by Gasteiger charge is 2.13. The minimum Gasteiger partial charge on any atom is -0.507 e. The molecule has 0 aliphatic rings. The second kappa shape index (κ2) is 6.03. The molecule has 5 nitrogen and oxygen atoms in total. The number of aromatic nitrogens is 2. The molecule has 2 aromatic carbocycles. The number of hydrogen-bond acceptors (Lipinski definition) is 3. The van der Waals surface area contributed by atoms with E-state index in [4.69, 9.17) is 0 Å². The quantitative estimate of drug-likeness (QED) is 0.667. The van der Waals surface area contributed by atoms with Gasteiger partial charge in [0.2, 0.25) is 0 Å². The molecule has 3 rings (SSSR count). The van der Waals surface area contributed by atoms with Crippen molar-refractivity contribution in [3.63, 3.8) is 0 Å². The van der Waals surface area contributed by atoms with Crippen molar-refractivity contribution in [3.05, 3.63) is 64.8 Å². The van der Waals surface area contributed by atoms with Gasteiger partial charge in [0.05, 0.1) is 11.4 Å². The molecule has 0 fully saturated rings. The first-order chi connectivity index (χ1) is 10.6. The van der Waals surface area contributed by atoms with Crippen LogP contribution < -0.4 is 5.32 Å². The van der Waals surface area contributed by atoms with Crippen LogP contribution >= 0.6 is 15.9 Å². The number of benzene rings is 2. The molecule has 0 unspecified atom stereocenters. The second-order valence-electron chi connectivity index (χ2n) is 4.62. The van der Waals surface area contributed by atoms with Gasteiger partial charge in [0, 0.05) is 10.0 Å². The zero-order valence-electron chi connectivity index (χ0n) is 11.4. The Bertz CT molecular complexity index is 830. The molecule has 3 aromatic rings. The summed E-state index contributed by atoms with van der Waals surface area (Å²) in [7, 11) is 0. The van der Waals surface area contributed by atoms with Crippen LogP contribution in [0.3, 0.4) is 0 Å². The number of carbonyl (C=O) groups excluding carboxylic acids is 1. The van der Waals surface area contributed by atoms with Crippen molar-refractivity contribution in [1.82, 2.24) is 10.2 Å². The predicted molar refractivity (Wildman–Crippen MR) is 87.8 cm³/mol. The monoisotopic (exact) mass is 357 g/mol. The molecule has 3 N–H and O–H groups in total. The Balaban J connectivity index is 1.84. The largest absolute Gasteiger partial charge is 0.507 e. The molecular weight excluding hydrogens is 346 g/mol. The van der Waals surface area contributed by atoms with Crippen molar-refractivity contribution < 1.29 is 9.90 Å². The third kappa shape index (κ3) is 2.87. The number of nitrogens with zero attached hydrogens (tertiary/aromatic N) is 1. The van der Waals surface area contributed by atoms with E-state index in [2.05, 4.69) is 31.4 Å². The summed E-state index contributed by atoms with van der Waals surface area (Å²) < 4.78 is 0.795. The van der Waals surface area contributed by atoms with Crippen LogP contribution in [0.15, 0.2) is 59.1 Å². The molecule has 1 heterocycles. The highest BCUT2D eigenvalue weighted by molar-refractivity contribution is 9.10. The van der Waals surface area contributed by atoms with Gasteiger partial charge in [0.1, 0.15) is 11.4 Å². The van der Waals surface area contributed by atoms with E-state index in [0.717, 1.165) is 4.47 Å². The first-order valence-electron chi connectivity index (χ1n) is 6.55. The first-order valence-corrected chi connectivity index (χ1v) is 7.34. The topological polar surface area (TPSA) is 78.0 Å². The van der Waals surface area contributed by atoms with Crippen LogP contribution in [0.4, 0.5) is 5.69 Å². The Kier molecular flexibility index (Phi) is 3.93. The number of carbonyl (C=O) groups is 1. The minimum absolute atomic E-state index is 0.117. The molecule has 110 valence electrons. The third-order valence-corrected chi connectivity index (χ3v) is 3.82. The molecule has 22 heavy (non-hydrogen) atoms. The SMILES string of the molecule is O=C(Nc1ccccc1Br)c1cc(-c2ccccc2O)n[nH]1. The summed E-state index contributed by atoms with van der Waals surface area (Å²) in [5.74, 6) is -0.187. The van der Waals surface area contributed by atoms with Gasteiger partial charge in [-0.2, -0.15) is 5.10 Å². The number of phenolic OH excluding ortho intramolecular Hbond substituents is 1. The number of halogens is 1. The zero-order valence-corrected chi connectivity index (χ0v) is 13.0. The average Bonchev–Trinajstić information content (AvgIpc) is 3.00. The summed E-state index contributed by atoms with van der Waals surface area (Å²) in [6.45, 7) is 0. The smallest absolute Gasteiger partial charge is 0.273 e. The summed E-state index contributed by atoms with van der Waals surface area (Å²) >= 11 is 3.38. The van der Waals surface area contributed by atoms with Crippen molar-refractivity contribution >= 4 is 27.5 Å². The number of aromatic amines is 1. The number of H-pyrrole nitrogens is 1. The van der Waals surface area contributed by atoms with E-state index in [0.29, 0.717) is 22.6 Å². The molecule has 0 atom stereocenters. The standard InChI is InChI=1S/C16H12BrN3O2/c17-11-6-2-3-7-12(11)18-16(22)14-9-13(19-20-14)10-5-1-4-8-15(10)21/h1-9,21H,(H,18,22)(H,19,20). The predicted octanol–water partition coefficient (Wildman–Crippen LogP) is 3.80. The molecule has 0 spiro atoms. The highest BCUT2D eigenvalue weighted by Crippen LogP contribution is 2.27. The van der Waals surface area contributed by atoms with Crippen LogP contribution in [0.5, 0.6) is 5.75 Å². The van der Waals surface area contributed by atoms with Gasteiger partial charge in [-0.05, 0) is 46.3 Å². The average molecular weight is 358 g/mol. The fourth-order valence-electron chi connectivity index (χ4n) is 2.02. The lowest BCUT2D eigenvalue weighted by Crippen LogP contribution is -2.12. The zero-order chi connectivity index (χ0) is 15.5. The maximum atomic E-state index is 12.2. The highest BCUT2D eigenvalue weighted by atomic mass is 79.9. The Morgan fingerprint density at radius 1 is 1.14 bits per heavy atom. The summed E-state index contributed by atoms with van der Waals surface area (Å²) in [6, 6.07) is 15.8. The van der Waals surface area contributed by atoms with E-state index in [-0.39, 0.29) is 11.7 Å². The van der Waals surface area contributed by atoms with Crippen LogP contribution in [0, 0.1) is 0 Å². The fraction of sp³-hybridized carbons (Fsp3) is 0. The molecule has 1 amide bonds. The molecule has 0 aliphatic carbocycles. The molecule has 0 bridgehead atoms. The van der Waals surface area contributed by atoms with Crippen LogP contribution in [0.25, 0.3) is 11.3 Å². The lowest BCUT2D eigenvalue weighted by molar-refractivity contribution is 0.102. The molecule has 0 saturated carbocycles. The molecule has 1 aromatic heterocycles. The van der Waals surface area contributed by atoms with Crippen LogP contribution in [0.2, 0.25) is 0 Å². The number of aromatic hydroxyl groups is 1. The summed E-state index contributed by atoms with van der Waals surface area (Å²) in [6.07, 6.45) is 0. The lowest BCUT2D eigenvalue weighted by atomic mass is 10.1. The second-order valence-corrected chi connectivity index (χ2v) is 5.47. The molecule has 6 heteroatoms. The molecule has 0 saturated heterocycles. The van der Waals surface area contributed by atoms with Crippen molar-refractivity contribution in [2.45, 2.75) is 0 Å². The maximum Gasteiger partial charge on any atom is 0.273 e. The first kappa shape index (κ1) is 14.3. The van der Waals surface area contributed by atoms with E-state index in [9.17, 15) is 9.90 Å². The van der Waals surface area contributed by atoms with Gasteiger partial charge in [-0.15, -0.1) is 0 Å². The number of anilines is 1. The number of phenols is 1. The number of para-hydroxylation sites is 2. The number of hydrogen-bond donors (Lipinski definition) is 3. The summed E-state index contributed by atoms with van der Waals surface area (Å²) in [4.78, 5) is 12.2. The third-order valence-electron chi connectivity index (χ3n) is 3.12. The van der Waals surface area contributed by atoms with Crippen LogP contribution in [0.1, 0.15) is 10.5 Å². The van der Waals surface area contributed by atoms with Crippen molar-refractivity contribution in [2.24, 2.45) is 0 Å². The van der Waals surface area contributed by atoms with Crippen LogP contribution in [-0.4, -0.2) is 21.2 Å². The van der Waals surface area contributed by atoms with Gasteiger partial charge in [0.25, 0.3) is 5.91 Å². The minimum atomic E-state index is -0.305. The van der Waals surface area contributed by atoms with E-state index in [1.165, 1.54) is 0 Å². The Morgan fingerprint density at radius 2 is 1.86 bits per heavy atom. The van der Waals surface area contributed by atoms with Crippen molar-refractivity contribution in [3.8, 4) is 17.0 Å². The maximum absolute atomic E-state index is 12.2. The fourth-order valence-corrected chi connectivity index (χ4v) is 2.40. The molecular formula is C16H12BrN3O2. The number of rotatable bonds is 3. The van der Waals surface area contributed by atoms with Gasteiger partial charge in [-0.3, -0.25) is 9.89 Å². The van der Waals surface area contributed by atoms with Gasteiger partial charge in [-0.1, -0.05) is 24.3 Å².